The maximum atomic E-state index is 11.9. The third kappa shape index (κ3) is 1.26. The average Bonchev–Trinajstić information content (AvgIpc) is 2.61. The van der Waals surface area contributed by atoms with E-state index >= 15 is 0 Å². The Morgan fingerprint density at radius 3 is 2.65 bits per heavy atom. The molecule has 0 aromatic heterocycles. The van der Waals surface area contributed by atoms with Gasteiger partial charge in [-0.05, 0) is 13.3 Å². The molecule has 20 heavy (non-hydrogen) atoms. The van der Waals surface area contributed by atoms with E-state index in [2.05, 4.69) is 13.2 Å². The molecule has 2 aliphatic heterocycles. The van der Waals surface area contributed by atoms with Crippen LogP contribution < -0.4 is 0 Å². The zero-order chi connectivity index (χ0) is 14.9. The molecule has 1 saturated heterocycles. The van der Waals surface area contributed by atoms with Crippen molar-refractivity contribution in [2.45, 2.75) is 32.2 Å². The Morgan fingerprint density at radius 2 is 2.05 bits per heavy atom. The fourth-order valence-corrected chi connectivity index (χ4v) is 3.49. The number of carbonyl (C=O) groups excluding carboxylic acids is 2. The first-order chi connectivity index (χ1) is 9.25. The van der Waals surface area contributed by atoms with Crippen LogP contribution in [0, 0.1) is 11.3 Å². The number of hydrogen-bond acceptors (Lipinski definition) is 5. The maximum Gasteiger partial charge on any atom is 0.336 e. The molecule has 3 rings (SSSR count). The molecule has 0 spiro atoms. The van der Waals surface area contributed by atoms with Crippen molar-refractivity contribution in [3.63, 3.8) is 0 Å². The van der Waals surface area contributed by atoms with Crippen molar-refractivity contribution in [1.82, 2.24) is 0 Å². The quantitative estimate of drug-likeness (QED) is 0.443. The summed E-state index contributed by atoms with van der Waals surface area (Å²) >= 11 is 0. The van der Waals surface area contributed by atoms with E-state index < -0.39 is 29.2 Å². The number of esters is 2. The molecule has 5 heteroatoms. The smallest absolute Gasteiger partial charge is 0.336 e. The number of hydrogen-bond donors (Lipinski definition) is 1. The van der Waals surface area contributed by atoms with Crippen LogP contribution in [0.2, 0.25) is 0 Å². The van der Waals surface area contributed by atoms with Crippen molar-refractivity contribution in [3.05, 3.63) is 36.0 Å². The molecule has 1 saturated carbocycles. The second-order valence-electron chi connectivity index (χ2n) is 5.83. The highest BCUT2D eigenvalue weighted by Gasteiger charge is 2.67. The molecule has 2 fully saturated rings. The molecule has 0 unspecified atom stereocenters. The second-order valence-corrected chi connectivity index (χ2v) is 5.83. The Balaban J connectivity index is 2.22. The van der Waals surface area contributed by atoms with Crippen LogP contribution in [-0.4, -0.2) is 28.9 Å². The number of rotatable bonds is 1. The molecule has 106 valence electrons. The van der Waals surface area contributed by atoms with Crippen LogP contribution in [0.3, 0.4) is 0 Å². The van der Waals surface area contributed by atoms with Crippen LogP contribution in [-0.2, 0) is 19.1 Å². The van der Waals surface area contributed by atoms with Crippen LogP contribution in [0.5, 0.6) is 0 Å². The molecule has 2 bridgehead atoms. The van der Waals surface area contributed by atoms with Crippen molar-refractivity contribution in [2.75, 3.05) is 0 Å². The van der Waals surface area contributed by atoms with Gasteiger partial charge in [0, 0.05) is 28.1 Å². The van der Waals surface area contributed by atoms with Gasteiger partial charge in [-0.1, -0.05) is 19.6 Å². The summed E-state index contributed by atoms with van der Waals surface area (Å²) in [4.78, 5) is 23.6. The summed E-state index contributed by atoms with van der Waals surface area (Å²) in [5.74, 6) is -3.29. The molecule has 0 radical (unpaired) electrons. The molecule has 2 heterocycles. The van der Waals surface area contributed by atoms with Crippen molar-refractivity contribution in [3.8, 4) is 0 Å². The normalized spacial score (nSPS) is 43.0. The number of ether oxygens (including phenoxy) is 2. The SMILES string of the molecule is C=C[C@]1(C)[C@H]2OC(=O)C(=C)[C@@H]1CC1=C(C)C(=O)O[C@@]12O. The Hall–Kier alpha value is -1.88. The molecule has 0 aromatic carbocycles. The Bertz CT molecular complexity index is 601. The van der Waals surface area contributed by atoms with E-state index in [9.17, 15) is 14.7 Å². The predicted molar refractivity (Wildman–Crippen MR) is 69.2 cm³/mol. The van der Waals surface area contributed by atoms with Crippen molar-refractivity contribution >= 4 is 11.9 Å². The Kier molecular flexibility index (Phi) is 2.37. The molecule has 3 aliphatic rings. The summed E-state index contributed by atoms with van der Waals surface area (Å²) in [6.45, 7) is 11.0. The Morgan fingerprint density at radius 1 is 1.40 bits per heavy atom. The Labute approximate surface area is 116 Å². The highest BCUT2D eigenvalue weighted by Crippen LogP contribution is 2.58. The highest BCUT2D eigenvalue weighted by atomic mass is 16.7. The van der Waals surface area contributed by atoms with Crippen LogP contribution in [0.1, 0.15) is 20.3 Å². The fourth-order valence-electron chi connectivity index (χ4n) is 3.49. The molecule has 1 aliphatic carbocycles. The van der Waals surface area contributed by atoms with E-state index in [1.54, 1.807) is 13.0 Å². The van der Waals surface area contributed by atoms with Crippen molar-refractivity contribution in [1.29, 1.82) is 0 Å². The predicted octanol–water partition coefficient (Wildman–Crippen LogP) is 1.24. The van der Waals surface area contributed by atoms with Crippen LogP contribution in [0.15, 0.2) is 36.0 Å². The van der Waals surface area contributed by atoms with Crippen molar-refractivity contribution < 1.29 is 24.2 Å². The van der Waals surface area contributed by atoms with E-state index in [0.29, 0.717) is 23.1 Å². The standard InChI is InChI=1S/C15H16O5/c1-5-14(4)9-6-10-8(3)12(17)20-15(10,18)13(14)19-11(16)7(9)2/h5,9,13,18H,1-2,6H2,3-4H3/t9-,13+,14-,15-/m0/s1. The van der Waals surface area contributed by atoms with Gasteiger partial charge in [-0.3, -0.25) is 0 Å². The average molecular weight is 276 g/mol. The lowest BCUT2D eigenvalue weighted by molar-refractivity contribution is -0.262. The second kappa shape index (κ2) is 3.61. The summed E-state index contributed by atoms with van der Waals surface area (Å²) in [7, 11) is 0. The molecular weight excluding hydrogens is 260 g/mol. The van der Waals surface area contributed by atoms with Gasteiger partial charge in [0.25, 0.3) is 5.79 Å². The third-order valence-corrected chi connectivity index (χ3v) is 4.87. The van der Waals surface area contributed by atoms with Gasteiger partial charge < -0.3 is 14.6 Å². The van der Waals surface area contributed by atoms with Gasteiger partial charge >= 0.3 is 11.9 Å². The monoisotopic (exact) mass is 276 g/mol. The number of carbonyl (C=O) groups is 2. The minimum atomic E-state index is -1.89. The van der Waals surface area contributed by atoms with Gasteiger partial charge in [-0.25, -0.2) is 9.59 Å². The first kappa shape index (κ1) is 13.1. The summed E-state index contributed by atoms with van der Waals surface area (Å²) in [6.07, 6.45) is 0.970. The molecule has 0 aromatic rings. The largest absolute Gasteiger partial charge is 0.451 e. The van der Waals surface area contributed by atoms with E-state index in [-0.39, 0.29) is 5.92 Å². The lowest BCUT2D eigenvalue weighted by Gasteiger charge is -2.54. The fraction of sp³-hybridized carbons (Fsp3) is 0.467. The molecule has 1 N–H and O–H groups in total. The van der Waals surface area contributed by atoms with E-state index in [4.69, 9.17) is 9.47 Å². The molecular formula is C15H16O5. The number of fused-ring (bicyclic) bond motifs is 4. The van der Waals surface area contributed by atoms with Crippen LogP contribution >= 0.6 is 0 Å². The number of aliphatic hydroxyl groups is 1. The first-order valence-electron chi connectivity index (χ1n) is 6.45. The van der Waals surface area contributed by atoms with Gasteiger partial charge in [-0.15, -0.1) is 6.58 Å². The van der Waals surface area contributed by atoms with Gasteiger partial charge in [0.1, 0.15) is 0 Å². The lowest BCUT2D eigenvalue weighted by Crippen LogP contribution is -2.63. The molecule has 4 atom stereocenters. The zero-order valence-electron chi connectivity index (χ0n) is 11.4. The van der Waals surface area contributed by atoms with Crippen LogP contribution in [0.4, 0.5) is 0 Å². The molecule has 0 amide bonds. The van der Waals surface area contributed by atoms with Gasteiger partial charge in [0.05, 0.1) is 0 Å². The third-order valence-electron chi connectivity index (χ3n) is 4.87. The van der Waals surface area contributed by atoms with Gasteiger partial charge in [0.2, 0.25) is 0 Å². The summed E-state index contributed by atoms with van der Waals surface area (Å²) in [6, 6.07) is 0. The van der Waals surface area contributed by atoms with Crippen molar-refractivity contribution in [2.24, 2.45) is 11.3 Å². The lowest BCUT2D eigenvalue weighted by atomic mass is 9.58. The van der Waals surface area contributed by atoms with E-state index in [0.717, 1.165) is 0 Å². The minimum Gasteiger partial charge on any atom is -0.451 e. The van der Waals surface area contributed by atoms with Gasteiger partial charge in [0.15, 0.2) is 6.10 Å². The first-order valence-corrected chi connectivity index (χ1v) is 6.45. The summed E-state index contributed by atoms with van der Waals surface area (Å²) in [5, 5.41) is 10.8. The van der Waals surface area contributed by atoms with E-state index in [1.165, 1.54) is 0 Å². The highest BCUT2D eigenvalue weighted by molar-refractivity contribution is 5.94. The van der Waals surface area contributed by atoms with Crippen LogP contribution in [0.25, 0.3) is 0 Å². The summed E-state index contributed by atoms with van der Waals surface area (Å²) in [5.41, 5.74) is 0.462. The van der Waals surface area contributed by atoms with E-state index in [1.807, 2.05) is 6.92 Å². The molecule has 5 nitrogen and oxygen atoms in total. The zero-order valence-corrected chi connectivity index (χ0v) is 11.4. The minimum absolute atomic E-state index is 0.258. The maximum absolute atomic E-state index is 11.9. The van der Waals surface area contributed by atoms with Gasteiger partial charge in [-0.2, -0.15) is 0 Å². The summed E-state index contributed by atoms with van der Waals surface area (Å²) < 4.78 is 10.4. The topological polar surface area (TPSA) is 72.8 Å².